The molecule has 2 aromatic carbocycles. The van der Waals surface area contributed by atoms with Gasteiger partial charge in [0.05, 0.1) is 0 Å². The smallest absolute Gasteiger partial charge is 0.407 e. The molecule has 0 bridgehead atoms. The largest absolute Gasteiger partial charge is 0.480 e. The number of hydrogen-bond donors (Lipinski definition) is 3. The van der Waals surface area contributed by atoms with Crippen molar-refractivity contribution in [2.45, 2.75) is 58.0 Å². The average molecular weight is 453 g/mol. The molecule has 0 aromatic heterocycles. The second-order valence-corrected chi connectivity index (χ2v) is 9.46. The zero-order chi connectivity index (χ0) is 24.2. The third-order valence-electron chi connectivity index (χ3n) is 6.01. The fourth-order valence-electron chi connectivity index (χ4n) is 4.16. The van der Waals surface area contributed by atoms with Crippen LogP contribution in [0.5, 0.6) is 0 Å². The van der Waals surface area contributed by atoms with Crippen molar-refractivity contribution in [3.8, 4) is 11.1 Å². The molecule has 0 fully saturated rings. The lowest BCUT2D eigenvalue weighted by Crippen LogP contribution is -2.47. The summed E-state index contributed by atoms with van der Waals surface area (Å²) in [7, 11) is 0. The van der Waals surface area contributed by atoms with Gasteiger partial charge in [-0.25, -0.2) is 9.59 Å². The Morgan fingerprint density at radius 3 is 2.06 bits per heavy atom. The minimum absolute atomic E-state index is 0.0268. The van der Waals surface area contributed by atoms with E-state index < -0.39 is 23.6 Å². The predicted octanol–water partition coefficient (Wildman–Crippen LogP) is 4.31. The van der Waals surface area contributed by atoms with Crippen LogP contribution >= 0.6 is 0 Å². The summed E-state index contributed by atoms with van der Waals surface area (Å²) in [6, 6.07) is 15.3. The van der Waals surface area contributed by atoms with Crippen molar-refractivity contribution in [2.75, 3.05) is 6.61 Å². The highest BCUT2D eigenvalue weighted by molar-refractivity contribution is 5.84. The van der Waals surface area contributed by atoms with Crippen LogP contribution in [0, 0.1) is 5.92 Å². The number of benzene rings is 2. The van der Waals surface area contributed by atoms with Crippen LogP contribution in [0.15, 0.2) is 48.5 Å². The summed E-state index contributed by atoms with van der Waals surface area (Å²) in [5.41, 5.74) is 3.90. The van der Waals surface area contributed by atoms with E-state index in [1.54, 1.807) is 27.7 Å². The Bertz CT molecular complexity index is 985. The number of rotatable bonds is 9. The molecule has 0 saturated heterocycles. The maximum absolute atomic E-state index is 12.5. The van der Waals surface area contributed by atoms with Crippen LogP contribution in [-0.2, 0) is 14.3 Å². The Morgan fingerprint density at radius 2 is 1.55 bits per heavy atom. The van der Waals surface area contributed by atoms with Crippen LogP contribution in [0.3, 0.4) is 0 Å². The number of carboxylic acids is 1. The van der Waals surface area contributed by atoms with Crippen molar-refractivity contribution in [1.29, 1.82) is 0 Å². The zero-order valence-electron chi connectivity index (χ0n) is 19.6. The second-order valence-electron chi connectivity index (χ2n) is 9.46. The number of fused-ring (bicyclic) bond motifs is 3. The first-order valence-electron chi connectivity index (χ1n) is 11.2. The lowest BCUT2D eigenvalue weighted by molar-refractivity contribution is -0.143. The summed E-state index contributed by atoms with van der Waals surface area (Å²) in [4.78, 5) is 36.0. The van der Waals surface area contributed by atoms with E-state index >= 15 is 0 Å². The SMILES string of the molecule is CC(C)[C@H](NC(=O)CCC(C)(C)NC(=O)OCC1c2ccccc2-c2ccccc21)C(=O)O. The van der Waals surface area contributed by atoms with Gasteiger partial charge in [-0.2, -0.15) is 0 Å². The summed E-state index contributed by atoms with van der Waals surface area (Å²) in [5.74, 6) is -1.67. The molecule has 7 nitrogen and oxygen atoms in total. The van der Waals surface area contributed by atoms with E-state index in [0.717, 1.165) is 22.3 Å². The van der Waals surface area contributed by atoms with Crippen LogP contribution in [-0.4, -0.2) is 41.3 Å². The number of carboxylic acid groups (broad SMARTS) is 1. The van der Waals surface area contributed by atoms with E-state index in [9.17, 15) is 19.5 Å². The van der Waals surface area contributed by atoms with Gasteiger partial charge in [0.2, 0.25) is 5.91 Å². The number of carbonyl (C=O) groups is 3. The summed E-state index contributed by atoms with van der Waals surface area (Å²) >= 11 is 0. The number of nitrogens with one attached hydrogen (secondary N) is 2. The summed E-state index contributed by atoms with van der Waals surface area (Å²) < 4.78 is 5.58. The summed E-state index contributed by atoms with van der Waals surface area (Å²) in [6.07, 6.45) is -0.117. The molecule has 3 N–H and O–H groups in total. The maximum Gasteiger partial charge on any atom is 0.407 e. The number of aliphatic carboxylic acids is 1. The van der Waals surface area contributed by atoms with E-state index in [1.165, 1.54) is 0 Å². The Labute approximate surface area is 194 Å². The number of ether oxygens (including phenoxy) is 1. The molecule has 3 rings (SSSR count). The van der Waals surface area contributed by atoms with Gasteiger partial charge in [0, 0.05) is 17.9 Å². The fraction of sp³-hybridized carbons (Fsp3) is 0.423. The van der Waals surface area contributed by atoms with Gasteiger partial charge >= 0.3 is 12.1 Å². The third kappa shape index (κ3) is 5.92. The number of alkyl carbamates (subject to hydrolysis) is 1. The van der Waals surface area contributed by atoms with Gasteiger partial charge in [0.15, 0.2) is 0 Å². The highest BCUT2D eigenvalue weighted by atomic mass is 16.5. The molecule has 2 aromatic rings. The van der Waals surface area contributed by atoms with E-state index in [-0.39, 0.29) is 30.8 Å². The first kappa shape index (κ1) is 24.3. The minimum atomic E-state index is -1.06. The Morgan fingerprint density at radius 1 is 1.00 bits per heavy atom. The molecule has 1 atom stereocenters. The minimum Gasteiger partial charge on any atom is -0.480 e. The molecule has 0 saturated carbocycles. The van der Waals surface area contributed by atoms with E-state index in [0.29, 0.717) is 6.42 Å². The van der Waals surface area contributed by atoms with E-state index in [2.05, 4.69) is 34.9 Å². The van der Waals surface area contributed by atoms with E-state index in [4.69, 9.17) is 4.74 Å². The van der Waals surface area contributed by atoms with Gasteiger partial charge in [-0.1, -0.05) is 62.4 Å². The number of carbonyl (C=O) groups excluding carboxylic acids is 2. The van der Waals surface area contributed by atoms with Crippen LogP contribution in [0.2, 0.25) is 0 Å². The highest BCUT2D eigenvalue weighted by Crippen LogP contribution is 2.44. The standard InChI is InChI=1S/C26H32N2O5/c1-16(2)23(24(30)31)27-22(29)13-14-26(3,4)28-25(32)33-15-21-19-11-7-5-9-17(19)18-10-6-8-12-20(18)21/h5-12,16,21,23H,13-15H2,1-4H3,(H,27,29)(H,28,32)(H,30,31)/t23-/m0/s1. The number of amides is 2. The van der Waals surface area contributed by atoms with Crippen molar-refractivity contribution in [2.24, 2.45) is 5.92 Å². The lowest BCUT2D eigenvalue weighted by atomic mass is 9.97. The summed E-state index contributed by atoms with van der Waals surface area (Å²) in [6.45, 7) is 7.30. The van der Waals surface area contributed by atoms with Crippen molar-refractivity contribution < 1.29 is 24.2 Å². The maximum atomic E-state index is 12.5. The first-order chi connectivity index (χ1) is 15.6. The topological polar surface area (TPSA) is 105 Å². The van der Waals surface area contributed by atoms with Gasteiger partial charge in [-0.3, -0.25) is 4.79 Å². The Balaban J connectivity index is 1.53. The Kier molecular flexibility index (Phi) is 7.41. The monoisotopic (exact) mass is 452 g/mol. The molecule has 176 valence electrons. The van der Waals surface area contributed by atoms with Crippen LogP contribution < -0.4 is 10.6 Å². The average Bonchev–Trinajstić information content (AvgIpc) is 3.08. The van der Waals surface area contributed by atoms with Gasteiger partial charge < -0.3 is 20.5 Å². The first-order valence-corrected chi connectivity index (χ1v) is 11.2. The normalized spacial score (nSPS) is 13.7. The molecule has 7 heteroatoms. The van der Waals surface area contributed by atoms with Gasteiger partial charge in [-0.05, 0) is 48.4 Å². The Hall–Kier alpha value is -3.35. The quantitative estimate of drug-likeness (QED) is 0.526. The zero-order valence-corrected chi connectivity index (χ0v) is 19.6. The molecule has 33 heavy (non-hydrogen) atoms. The van der Waals surface area contributed by atoms with Gasteiger partial charge in [0.25, 0.3) is 0 Å². The molecular weight excluding hydrogens is 420 g/mol. The van der Waals surface area contributed by atoms with Crippen LogP contribution in [0.25, 0.3) is 11.1 Å². The molecule has 2 amide bonds. The molecule has 0 spiro atoms. The molecule has 1 aliphatic rings. The van der Waals surface area contributed by atoms with Crippen LogP contribution in [0.1, 0.15) is 57.6 Å². The second kappa shape index (κ2) is 10.1. The molecule has 0 unspecified atom stereocenters. The van der Waals surface area contributed by atoms with E-state index in [1.807, 2.05) is 24.3 Å². The molecular formula is C26H32N2O5. The highest BCUT2D eigenvalue weighted by Gasteiger charge is 2.30. The fourth-order valence-corrected chi connectivity index (χ4v) is 4.16. The lowest BCUT2D eigenvalue weighted by Gasteiger charge is -2.26. The van der Waals surface area contributed by atoms with Crippen molar-refractivity contribution >= 4 is 18.0 Å². The van der Waals surface area contributed by atoms with Gasteiger partial charge in [0.1, 0.15) is 12.6 Å². The summed E-state index contributed by atoms with van der Waals surface area (Å²) in [5, 5.41) is 14.6. The molecule has 0 heterocycles. The van der Waals surface area contributed by atoms with Crippen molar-refractivity contribution in [1.82, 2.24) is 10.6 Å². The third-order valence-corrected chi connectivity index (χ3v) is 6.01. The van der Waals surface area contributed by atoms with Crippen molar-refractivity contribution in [3.63, 3.8) is 0 Å². The number of hydrogen-bond acceptors (Lipinski definition) is 4. The predicted molar refractivity (Wildman–Crippen MR) is 126 cm³/mol. The van der Waals surface area contributed by atoms with Crippen LogP contribution in [0.4, 0.5) is 4.79 Å². The molecule has 0 aliphatic heterocycles. The van der Waals surface area contributed by atoms with Crippen molar-refractivity contribution in [3.05, 3.63) is 59.7 Å². The molecule has 0 radical (unpaired) electrons. The molecule has 1 aliphatic carbocycles. The van der Waals surface area contributed by atoms with Gasteiger partial charge in [-0.15, -0.1) is 0 Å².